The molecule has 0 aliphatic carbocycles. The average molecular weight is 272 g/mol. The summed E-state index contributed by atoms with van der Waals surface area (Å²) in [5.41, 5.74) is 2.95. The minimum atomic E-state index is -0.169. The zero-order chi connectivity index (χ0) is 14.5. The molecule has 2 aromatic rings. The van der Waals surface area contributed by atoms with Crippen molar-refractivity contribution in [1.82, 2.24) is 4.90 Å². The molecule has 0 aliphatic rings. The van der Waals surface area contributed by atoms with Crippen LogP contribution in [-0.4, -0.2) is 19.0 Å². The monoisotopic (exact) mass is 272 g/mol. The first kappa shape index (κ1) is 14.5. The van der Waals surface area contributed by atoms with Crippen LogP contribution in [0.3, 0.4) is 0 Å². The van der Waals surface area contributed by atoms with Gasteiger partial charge in [-0.25, -0.2) is 4.39 Å². The first-order chi connectivity index (χ1) is 9.58. The highest BCUT2D eigenvalue weighted by atomic mass is 19.1. The van der Waals surface area contributed by atoms with E-state index < -0.39 is 0 Å². The third-order valence-electron chi connectivity index (χ3n) is 3.25. The molecule has 1 N–H and O–H groups in total. The van der Waals surface area contributed by atoms with Crippen molar-refractivity contribution in [2.75, 3.05) is 19.4 Å². The molecular formula is C17H21FN2. The van der Waals surface area contributed by atoms with Crippen LogP contribution in [0.25, 0.3) is 0 Å². The second kappa shape index (κ2) is 6.53. The van der Waals surface area contributed by atoms with Gasteiger partial charge in [-0.2, -0.15) is 0 Å². The van der Waals surface area contributed by atoms with Crippen LogP contribution in [0.2, 0.25) is 0 Å². The maximum absolute atomic E-state index is 13.8. The van der Waals surface area contributed by atoms with Gasteiger partial charge in [-0.1, -0.05) is 36.4 Å². The standard InChI is InChI=1S/C17H21FN2/c1-13(15-9-5-6-10-16(15)18)19-17-11-7-4-8-14(17)12-20(2)3/h4-11,13,19H,12H2,1-3H3. The molecule has 1 unspecified atom stereocenters. The van der Waals surface area contributed by atoms with E-state index in [2.05, 4.69) is 16.3 Å². The Morgan fingerprint density at radius 2 is 1.70 bits per heavy atom. The fraction of sp³-hybridized carbons (Fsp3) is 0.294. The van der Waals surface area contributed by atoms with E-state index >= 15 is 0 Å². The molecule has 0 saturated heterocycles. The van der Waals surface area contributed by atoms with Crippen molar-refractivity contribution < 1.29 is 4.39 Å². The lowest BCUT2D eigenvalue weighted by Crippen LogP contribution is -2.14. The molecule has 0 spiro atoms. The molecular weight excluding hydrogens is 251 g/mol. The fourth-order valence-corrected chi connectivity index (χ4v) is 2.28. The summed E-state index contributed by atoms with van der Waals surface area (Å²) in [5, 5.41) is 3.41. The van der Waals surface area contributed by atoms with Gasteiger partial charge in [-0.15, -0.1) is 0 Å². The Morgan fingerprint density at radius 1 is 1.05 bits per heavy atom. The van der Waals surface area contributed by atoms with Crippen LogP contribution in [0, 0.1) is 5.82 Å². The van der Waals surface area contributed by atoms with E-state index in [0.29, 0.717) is 5.56 Å². The summed E-state index contributed by atoms with van der Waals surface area (Å²) in [6, 6.07) is 15.0. The van der Waals surface area contributed by atoms with E-state index in [-0.39, 0.29) is 11.9 Å². The van der Waals surface area contributed by atoms with E-state index in [0.717, 1.165) is 12.2 Å². The molecule has 0 fully saturated rings. The van der Waals surface area contributed by atoms with Crippen molar-refractivity contribution in [2.45, 2.75) is 19.5 Å². The van der Waals surface area contributed by atoms with Crippen LogP contribution in [0.4, 0.5) is 10.1 Å². The molecule has 0 amide bonds. The molecule has 2 rings (SSSR count). The number of halogens is 1. The molecule has 20 heavy (non-hydrogen) atoms. The second-order valence-corrected chi connectivity index (χ2v) is 5.28. The quantitative estimate of drug-likeness (QED) is 0.883. The predicted molar refractivity (Wildman–Crippen MR) is 82.3 cm³/mol. The third kappa shape index (κ3) is 3.58. The fourth-order valence-electron chi connectivity index (χ4n) is 2.28. The van der Waals surface area contributed by atoms with Crippen LogP contribution < -0.4 is 5.32 Å². The van der Waals surface area contributed by atoms with Crippen molar-refractivity contribution in [2.24, 2.45) is 0 Å². The smallest absolute Gasteiger partial charge is 0.128 e. The van der Waals surface area contributed by atoms with Gasteiger partial charge in [0.05, 0.1) is 6.04 Å². The lowest BCUT2D eigenvalue weighted by molar-refractivity contribution is 0.403. The van der Waals surface area contributed by atoms with Crippen LogP contribution >= 0.6 is 0 Å². The highest BCUT2D eigenvalue weighted by molar-refractivity contribution is 5.52. The molecule has 0 heterocycles. The SMILES string of the molecule is CC(Nc1ccccc1CN(C)C)c1ccccc1F. The lowest BCUT2D eigenvalue weighted by Gasteiger charge is -2.20. The summed E-state index contributed by atoms with van der Waals surface area (Å²) in [4.78, 5) is 2.12. The zero-order valence-electron chi connectivity index (χ0n) is 12.2. The van der Waals surface area contributed by atoms with E-state index in [9.17, 15) is 4.39 Å². The van der Waals surface area contributed by atoms with Crippen LogP contribution in [0.5, 0.6) is 0 Å². The number of anilines is 1. The van der Waals surface area contributed by atoms with Gasteiger partial charge in [0.1, 0.15) is 5.82 Å². The second-order valence-electron chi connectivity index (χ2n) is 5.28. The number of nitrogens with zero attached hydrogens (tertiary/aromatic N) is 1. The molecule has 2 nitrogen and oxygen atoms in total. The highest BCUT2D eigenvalue weighted by Gasteiger charge is 2.11. The van der Waals surface area contributed by atoms with Gasteiger partial charge >= 0.3 is 0 Å². The summed E-state index contributed by atoms with van der Waals surface area (Å²) in [5.74, 6) is -0.169. The minimum absolute atomic E-state index is 0.0699. The van der Waals surface area contributed by atoms with E-state index in [1.807, 2.05) is 51.4 Å². The minimum Gasteiger partial charge on any atom is -0.378 e. The van der Waals surface area contributed by atoms with Gasteiger partial charge in [-0.3, -0.25) is 0 Å². The molecule has 0 saturated carbocycles. The van der Waals surface area contributed by atoms with Gasteiger partial charge in [0.2, 0.25) is 0 Å². The number of hydrogen-bond acceptors (Lipinski definition) is 2. The first-order valence-electron chi connectivity index (χ1n) is 6.81. The highest BCUT2D eigenvalue weighted by Crippen LogP contribution is 2.24. The van der Waals surface area contributed by atoms with E-state index in [1.165, 1.54) is 11.6 Å². The largest absolute Gasteiger partial charge is 0.378 e. The number of benzene rings is 2. The Balaban J connectivity index is 2.20. The molecule has 0 bridgehead atoms. The summed E-state index contributed by atoms with van der Waals surface area (Å²) in [7, 11) is 4.08. The van der Waals surface area contributed by atoms with Crippen molar-refractivity contribution in [3.05, 3.63) is 65.5 Å². The van der Waals surface area contributed by atoms with Crippen molar-refractivity contribution in [1.29, 1.82) is 0 Å². The Bertz CT molecular complexity index is 566. The van der Waals surface area contributed by atoms with Crippen LogP contribution in [0.15, 0.2) is 48.5 Å². The van der Waals surface area contributed by atoms with Crippen LogP contribution in [0.1, 0.15) is 24.1 Å². The molecule has 0 aromatic heterocycles. The van der Waals surface area contributed by atoms with Gasteiger partial charge in [0, 0.05) is 17.8 Å². The predicted octanol–water partition coefficient (Wildman–Crippen LogP) is 4.06. The van der Waals surface area contributed by atoms with Crippen LogP contribution in [-0.2, 0) is 6.54 Å². The molecule has 1 atom stereocenters. The Morgan fingerprint density at radius 3 is 2.40 bits per heavy atom. The van der Waals surface area contributed by atoms with E-state index in [1.54, 1.807) is 6.07 Å². The van der Waals surface area contributed by atoms with Gasteiger partial charge < -0.3 is 10.2 Å². The van der Waals surface area contributed by atoms with Crippen molar-refractivity contribution in [3.63, 3.8) is 0 Å². The molecule has 2 aromatic carbocycles. The summed E-state index contributed by atoms with van der Waals surface area (Å²) >= 11 is 0. The zero-order valence-corrected chi connectivity index (χ0v) is 12.2. The molecule has 106 valence electrons. The average Bonchev–Trinajstić information content (AvgIpc) is 2.41. The number of rotatable bonds is 5. The van der Waals surface area contributed by atoms with Gasteiger partial charge in [0.15, 0.2) is 0 Å². The van der Waals surface area contributed by atoms with Crippen molar-refractivity contribution in [3.8, 4) is 0 Å². The maximum Gasteiger partial charge on any atom is 0.128 e. The Labute approximate surface area is 120 Å². The van der Waals surface area contributed by atoms with Gasteiger partial charge in [-0.05, 0) is 38.7 Å². The number of para-hydroxylation sites is 1. The molecule has 0 aliphatic heterocycles. The number of nitrogens with one attached hydrogen (secondary N) is 1. The topological polar surface area (TPSA) is 15.3 Å². The van der Waals surface area contributed by atoms with E-state index in [4.69, 9.17) is 0 Å². The Kier molecular flexibility index (Phi) is 4.74. The normalized spacial score (nSPS) is 12.4. The Hall–Kier alpha value is -1.87. The third-order valence-corrected chi connectivity index (χ3v) is 3.25. The summed E-state index contributed by atoms with van der Waals surface area (Å²) in [6.45, 7) is 2.83. The lowest BCUT2D eigenvalue weighted by atomic mass is 10.1. The number of hydrogen-bond donors (Lipinski definition) is 1. The summed E-state index contributed by atoms with van der Waals surface area (Å²) in [6.07, 6.45) is 0. The molecule has 3 heteroatoms. The first-order valence-corrected chi connectivity index (χ1v) is 6.81. The maximum atomic E-state index is 13.8. The molecule has 0 radical (unpaired) electrons. The van der Waals surface area contributed by atoms with Crippen molar-refractivity contribution >= 4 is 5.69 Å². The van der Waals surface area contributed by atoms with Gasteiger partial charge in [0.25, 0.3) is 0 Å². The summed E-state index contributed by atoms with van der Waals surface area (Å²) < 4.78 is 13.8.